The monoisotopic (exact) mass is 225 g/mol. The zero-order valence-electron chi connectivity index (χ0n) is 10.9. The van der Waals surface area contributed by atoms with Gasteiger partial charge in [0, 0.05) is 13.0 Å². The third-order valence-electron chi connectivity index (χ3n) is 3.85. The maximum atomic E-state index is 11.6. The molecule has 1 aliphatic rings. The number of carbonyl (C=O) groups is 1. The van der Waals surface area contributed by atoms with Crippen molar-refractivity contribution in [3.63, 3.8) is 0 Å². The van der Waals surface area contributed by atoms with E-state index in [1.165, 1.54) is 32.1 Å². The van der Waals surface area contributed by atoms with Crippen LogP contribution in [0.1, 0.15) is 65.2 Å². The van der Waals surface area contributed by atoms with Gasteiger partial charge in [0.2, 0.25) is 5.91 Å². The summed E-state index contributed by atoms with van der Waals surface area (Å²) in [6, 6.07) is 0. The van der Waals surface area contributed by atoms with Crippen LogP contribution in [0.3, 0.4) is 0 Å². The van der Waals surface area contributed by atoms with Gasteiger partial charge in [-0.2, -0.15) is 0 Å². The second kappa shape index (κ2) is 7.70. The van der Waals surface area contributed by atoms with E-state index >= 15 is 0 Å². The molecule has 16 heavy (non-hydrogen) atoms. The topological polar surface area (TPSA) is 29.1 Å². The van der Waals surface area contributed by atoms with Gasteiger partial charge in [-0.25, -0.2) is 0 Å². The van der Waals surface area contributed by atoms with E-state index in [2.05, 4.69) is 19.2 Å². The predicted octanol–water partition coefficient (Wildman–Crippen LogP) is 3.51. The first-order chi connectivity index (χ1) is 7.72. The molecule has 0 unspecified atom stereocenters. The van der Waals surface area contributed by atoms with E-state index in [9.17, 15) is 4.79 Å². The van der Waals surface area contributed by atoms with Crippen molar-refractivity contribution < 1.29 is 4.79 Å². The van der Waals surface area contributed by atoms with E-state index in [-0.39, 0.29) is 5.91 Å². The molecule has 1 aliphatic carbocycles. The van der Waals surface area contributed by atoms with Gasteiger partial charge in [-0.3, -0.25) is 4.79 Å². The number of carbonyl (C=O) groups excluding carboxylic acids is 1. The normalized spacial score (nSPS) is 19.4. The molecule has 2 heteroatoms. The van der Waals surface area contributed by atoms with Crippen LogP contribution in [0.15, 0.2) is 0 Å². The van der Waals surface area contributed by atoms with E-state index < -0.39 is 0 Å². The fraction of sp³-hybridized carbons (Fsp3) is 0.929. The van der Waals surface area contributed by atoms with Crippen molar-refractivity contribution in [2.45, 2.75) is 65.2 Å². The average molecular weight is 225 g/mol. The highest BCUT2D eigenvalue weighted by Gasteiger charge is 2.14. The Kier molecular flexibility index (Phi) is 6.51. The zero-order chi connectivity index (χ0) is 11.8. The maximum absolute atomic E-state index is 11.6. The molecule has 1 rings (SSSR count). The third kappa shape index (κ3) is 5.53. The highest BCUT2D eigenvalue weighted by atomic mass is 16.1. The molecule has 1 atom stereocenters. The van der Waals surface area contributed by atoms with Crippen LogP contribution in [-0.4, -0.2) is 12.5 Å². The second-order valence-corrected chi connectivity index (χ2v) is 5.36. The van der Waals surface area contributed by atoms with Crippen molar-refractivity contribution in [3.05, 3.63) is 0 Å². The number of rotatable bonds is 6. The molecule has 1 fully saturated rings. The molecular formula is C14H27NO. The van der Waals surface area contributed by atoms with Crippen LogP contribution in [0.25, 0.3) is 0 Å². The largest absolute Gasteiger partial charge is 0.356 e. The highest BCUT2D eigenvalue weighted by molar-refractivity contribution is 5.75. The van der Waals surface area contributed by atoms with Crippen molar-refractivity contribution in [3.8, 4) is 0 Å². The first kappa shape index (κ1) is 13.5. The van der Waals surface area contributed by atoms with Crippen LogP contribution >= 0.6 is 0 Å². The lowest BCUT2D eigenvalue weighted by Gasteiger charge is -2.21. The Hall–Kier alpha value is -0.530. The molecule has 1 N–H and O–H groups in total. The van der Waals surface area contributed by atoms with Crippen LogP contribution < -0.4 is 5.32 Å². The van der Waals surface area contributed by atoms with Crippen molar-refractivity contribution in [2.24, 2.45) is 11.8 Å². The van der Waals surface area contributed by atoms with Gasteiger partial charge in [-0.1, -0.05) is 52.4 Å². The summed E-state index contributed by atoms with van der Waals surface area (Å²) in [4.78, 5) is 11.6. The Morgan fingerprint density at radius 3 is 2.62 bits per heavy atom. The van der Waals surface area contributed by atoms with Crippen LogP contribution in [0.5, 0.6) is 0 Å². The summed E-state index contributed by atoms with van der Waals surface area (Å²) in [5, 5.41) is 3.03. The van der Waals surface area contributed by atoms with Crippen molar-refractivity contribution in [1.29, 1.82) is 0 Å². The minimum atomic E-state index is 0.255. The highest BCUT2D eigenvalue weighted by Crippen LogP contribution is 2.27. The Bertz CT molecular complexity index is 197. The van der Waals surface area contributed by atoms with Gasteiger partial charge in [0.1, 0.15) is 0 Å². The molecule has 0 bridgehead atoms. The molecule has 0 aliphatic heterocycles. The van der Waals surface area contributed by atoms with E-state index in [4.69, 9.17) is 0 Å². The van der Waals surface area contributed by atoms with Crippen LogP contribution in [0.4, 0.5) is 0 Å². The molecule has 0 spiro atoms. The molecular weight excluding hydrogens is 198 g/mol. The fourth-order valence-electron chi connectivity index (χ4n) is 2.33. The van der Waals surface area contributed by atoms with Crippen molar-refractivity contribution in [2.75, 3.05) is 6.54 Å². The van der Waals surface area contributed by atoms with Gasteiger partial charge in [-0.15, -0.1) is 0 Å². The molecule has 0 aromatic heterocycles. The number of hydrogen-bond donors (Lipinski definition) is 1. The van der Waals surface area contributed by atoms with Crippen LogP contribution in [0.2, 0.25) is 0 Å². The molecule has 0 aromatic rings. The fourth-order valence-corrected chi connectivity index (χ4v) is 2.33. The molecule has 0 radical (unpaired) electrons. The Balaban J connectivity index is 2.05. The Morgan fingerprint density at radius 2 is 2.00 bits per heavy atom. The second-order valence-electron chi connectivity index (χ2n) is 5.36. The summed E-state index contributed by atoms with van der Waals surface area (Å²) < 4.78 is 0. The number of hydrogen-bond acceptors (Lipinski definition) is 1. The van der Waals surface area contributed by atoms with Gasteiger partial charge in [0.05, 0.1) is 0 Å². The summed E-state index contributed by atoms with van der Waals surface area (Å²) in [6.07, 6.45) is 9.82. The van der Waals surface area contributed by atoms with Crippen molar-refractivity contribution >= 4 is 5.91 Å². The molecule has 1 amide bonds. The Morgan fingerprint density at radius 1 is 1.31 bits per heavy atom. The summed E-state index contributed by atoms with van der Waals surface area (Å²) in [6.45, 7) is 5.19. The predicted molar refractivity (Wildman–Crippen MR) is 68.3 cm³/mol. The van der Waals surface area contributed by atoms with Crippen molar-refractivity contribution in [1.82, 2.24) is 5.32 Å². The van der Waals surface area contributed by atoms with Gasteiger partial charge in [0.25, 0.3) is 0 Å². The minimum Gasteiger partial charge on any atom is -0.356 e. The summed E-state index contributed by atoms with van der Waals surface area (Å²) in [5.41, 5.74) is 0. The van der Waals surface area contributed by atoms with Crippen LogP contribution in [-0.2, 0) is 4.79 Å². The van der Waals surface area contributed by atoms with Gasteiger partial charge in [0.15, 0.2) is 0 Å². The first-order valence-corrected chi connectivity index (χ1v) is 6.99. The molecule has 94 valence electrons. The van der Waals surface area contributed by atoms with E-state index in [1.54, 1.807) is 0 Å². The van der Waals surface area contributed by atoms with E-state index in [0.29, 0.717) is 5.92 Å². The standard InChI is InChI=1S/C14H27NO/c1-3-12(2)11-15-14(16)10-9-13-7-5-4-6-8-13/h12-13H,3-11H2,1-2H3,(H,15,16)/t12-/m0/s1. The van der Waals surface area contributed by atoms with E-state index in [1.807, 2.05) is 0 Å². The summed E-state index contributed by atoms with van der Waals surface area (Å²) in [5.74, 6) is 1.69. The Labute approximate surface area is 100 Å². The third-order valence-corrected chi connectivity index (χ3v) is 3.85. The number of amides is 1. The lowest BCUT2D eigenvalue weighted by molar-refractivity contribution is -0.121. The maximum Gasteiger partial charge on any atom is 0.220 e. The molecule has 0 aromatic carbocycles. The molecule has 0 saturated heterocycles. The van der Waals surface area contributed by atoms with Gasteiger partial charge < -0.3 is 5.32 Å². The van der Waals surface area contributed by atoms with Gasteiger partial charge in [-0.05, 0) is 18.3 Å². The molecule has 2 nitrogen and oxygen atoms in total. The lowest BCUT2D eigenvalue weighted by atomic mass is 9.86. The smallest absolute Gasteiger partial charge is 0.220 e. The average Bonchev–Trinajstić information content (AvgIpc) is 2.34. The SMILES string of the molecule is CC[C@H](C)CNC(=O)CCC1CCCCC1. The zero-order valence-corrected chi connectivity index (χ0v) is 10.9. The van der Waals surface area contributed by atoms with Gasteiger partial charge >= 0.3 is 0 Å². The first-order valence-electron chi connectivity index (χ1n) is 6.99. The summed E-state index contributed by atoms with van der Waals surface area (Å²) >= 11 is 0. The molecule has 1 saturated carbocycles. The van der Waals surface area contributed by atoms with E-state index in [0.717, 1.165) is 31.7 Å². The quantitative estimate of drug-likeness (QED) is 0.736. The lowest BCUT2D eigenvalue weighted by Crippen LogP contribution is -2.28. The minimum absolute atomic E-state index is 0.255. The van der Waals surface area contributed by atoms with Crippen LogP contribution in [0, 0.1) is 11.8 Å². The summed E-state index contributed by atoms with van der Waals surface area (Å²) in [7, 11) is 0. The number of nitrogens with one attached hydrogen (secondary N) is 1. The molecule has 0 heterocycles.